The van der Waals surface area contributed by atoms with Gasteiger partial charge in [0, 0.05) is 18.2 Å². The van der Waals surface area contributed by atoms with E-state index in [1.54, 1.807) is 6.92 Å². The highest BCUT2D eigenvalue weighted by Gasteiger charge is 2.47. The predicted molar refractivity (Wildman–Crippen MR) is 175 cm³/mol. The van der Waals surface area contributed by atoms with Gasteiger partial charge in [-0.3, -0.25) is 14.3 Å². The highest BCUT2D eigenvalue weighted by molar-refractivity contribution is 6.68. The molecule has 1 aliphatic heterocycles. The van der Waals surface area contributed by atoms with E-state index in [1.807, 2.05) is 91.0 Å². The zero-order valence-electron chi connectivity index (χ0n) is 25.3. The van der Waals surface area contributed by atoms with E-state index in [0.717, 1.165) is 16.7 Å². The van der Waals surface area contributed by atoms with Crippen LogP contribution in [0, 0.1) is 6.92 Å². The molecular weight excluding hydrogens is 655 g/mol. The molecule has 3 aromatic carbocycles. The summed E-state index contributed by atoms with van der Waals surface area (Å²) in [5, 5.41) is 0. The van der Waals surface area contributed by atoms with Crippen molar-refractivity contribution >= 4 is 41.0 Å². The summed E-state index contributed by atoms with van der Waals surface area (Å²) in [6.07, 6.45) is -2.40. The van der Waals surface area contributed by atoms with E-state index in [4.69, 9.17) is 53.8 Å². The molecule has 2 heterocycles. The first-order valence-corrected chi connectivity index (χ1v) is 15.7. The van der Waals surface area contributed by atoms with Crippen molar-refractivity contribution in [1.29, 1.82) is 0 Å². The number of benzene rings is 3. The van der Waals surface area contributed by atoms with Crippen LogP contribution in [0.4, 0.5) is 4.79 Å². The van der Waals surface area contributed by atoms with Gasteiger partial charge < -0.3 is 18.9 Å². The van der Waals surface area contributed by atoms with Gasteiger partial charge in [0.2, 0.25) is 3.79 Å². The molecule has 1 saturated heterocycles. The van der Waals surface area contributed by atoms with Crippen LogP contribution in [0.25, 0.3) is 0 Å². The molecule has 1 aliphatic rings. The van der Waals surface area contributed by atoms with Crippen molar-refractivity contribution in [1.82, 2.24) is 9.55 Å². The molecule has 1 aromatic heterocycles. The number of nitrogens with one attached hydrogen (secondary N) is 1. The van der Waals surface area contributed by atoms with Crippen molar-refractivity contribution in [3.8, 4) is 0 Å². The third kappa shape index (κ3) is 7.04. The Morgan fingerprint density at radius 1 is 0.891 bits per heavy atom. The average molecular weight is 688 g/mol. The van der Waals surface area contributed by atoms with Crippen LogP contribution in [-0.2, 0) is 24.5 Å². The number of ether oxygens (including phenoxy) is 4. The minimum absolute atomic E-state index is 0.0394. The standard InChI is InChI=1S/C34H33Cl3N2O7/c1-22-20-39(30(41)38-29(22)40)28-19-26(45-31(42)46-32(2,3)34(35,36)37)27(44-28)21-43-33(23-13-7-4-8-14-23,24-15-9-5-10-16-24)25-17-11-6-12-18-25/h4-18,20,26-28H,19,21H2,1-3H3,(H,38,40,41)/t26-,27+,28+/m0/s1. The maximum atomic E-state index is 13.0. The number of rotatable bonds is 9. The number of hydrogen-bond donors (Lipinski definition) is 1. The minimum atomic E-state index is -1.94. The summed E-state index contributed by atoms with van der Waals surface area (Å²) in [6.45, 7) is 4.36. The summed E-state index contributed by atoms with van der Waals surface area (Å²) in [7, 11) is 0. The molecule has 1 fully saturated rings. The highest BCUT2D eigenvalue weighted by atomic mass is 35.6. The Labute approximate surface area is 280 Å². The van der Waals surface area contributed by atoms with Crippen molar-refractivity contribution < 1.29 is 23.7 Å². The van der Waals surface area contributed by atoms with E-state index in [1.165, 1.54) is 24.6 Å². The van der Waals surface area contributed by atoms with Gasteiger partial charge in [0.1, 0.15) is 24.0 Å². The molecular formula is C34H33Cl3N2O7. The fraction of sp³-hybridized carbons (Fsp3) is 0.324. The Hall–Kier alpha value is -3.60. The van der Waals surface area contributed by atoms with Gasteiger partial charge in [-0.15, -0.1) is 0 Å². The molecule has 4 aromatic rings. The molecule has 0 unspecified atom stereocenters. The maximum absolute atomic E-state index is 13.0. The van der Waals surface area contributed by atoms with Crippen molar-refractivity contribution in [3.05, 3.63) is 140 Å². The fourth-order valence-corrected chi connectivity index (χ4v) is 5.45. The zero-order chi connectivity index (χ0) is 33.1. The first kappa shape index (κ1) is 33.8. The SMILES string of the molecule is Cc1cn([C@H]2C[C@H](OC(=O)OC(C)(C)C(Cl)(Cl)Cl)[C@@H](COC(c3ccccc3)(c3ccccc3)c3ccccc3)O2)c(=O)[nH]c1=O. The molecule has 0 amide bonds. The largest absolute Gasteiger partial charge is 0.509 e. The lowest BCUT2D eigenvalue weighted by molar-refractivity contribution is -0.104. The van der Waals surface area contributed by atoms with Crippen molar-refractivity contribution in [2.75, 3.05) is 6.61 Å². The number of aromatic amines is 1. The number of carbonyl (C=O) groups excluding carboxylic acids is 1. The van der Waals surface area contributed by atoms with Crippen molar-refractivity contribution in [2.24, 2.45) is 0 Å². The molecule has 3 atom stereocenters. The van der Waals surface area contributed by atoms with Crippen molar-refractivity contribution in [2.45, 2.75) is 60.6 Å². The van der Waals surface area contributed by atoms with Crippen LogP contribution in [0.15, 0.2) is 107 Å². The second-order valence-corrected chi connectivity index (χ2v) is 13.7. The first-order valence-electron chi connectivity index (χ1n) is 14.6. The number of hydrogen-bond acceptors (Lipinski definition) is 7. The first-order chi connectivity index (χ1) is 21.8. The van der Waals surface area contributed by atoms with Crippen LogP contribution in [0.1, 0.15) is 48.8 Å². The second-order valence-electron chi connectivity index (χ2n) is 11.5. The van der Waals surface area contributed by atoms with Crippen LogP contribution in [0.3, 0.4) is 0 Å². The lowest BCUT2D eigenvalue weighted by atomic mass is 9.80. The average Bonchev–Trinajstić information content (AvgIpc) is 3.42. The molecule has 242 valence electrons. The van der Waals surface area contributed by atoms with Gasteiger partial charge in [0.25, 0.3) is 5.56 Å². The molecule has 0 radical (unpaired) electrons. The number of H-pyrrole nitrogens is 1. The molecule has 1 N–H and O–H groups in total. The minimum Gasteiger partial charge on any atom is -0.428 e. The van der Waals surface area contributed by atoms with E-state index in [9.17, 15) is 14.4 Å². The summed E-state index contributed by atoms with van der Waals surface area (Å²) >= 11 is 18.1. The van der Waals surface area contributed by atoms with Gasteiger partial charge in [-0.1, -0.05) is 126 Å². The van der Waals surface area contributed by atoms with E-state index in [2.05, 4.69) is 4.98 Å². The van der Waals surface area contributed by atoms with Gasteiger partial charge in [-0.2, -0.15) is 0 Å². The summed E-state index contributed by atoms with van der Waals surface area (Å²) < 4.78 is 23.7. The van der Waals surface area contributed by atoms with E-state index < -0.39 is 50.8 Å². The number of alkyl halides is 3. The molecule has 0 saturated carbocycles. The van der Waals surface area contributed by atoms with Gasteiger partial charge in [0.05, 0.1) is 6.61 Å². The van der Waals surface area contributed by atoms with E-state index >= 15 is 0 Å². The topological polar surface area (TPSA) is 109 Å². The monoisotopic (exact) mass is 686 g/mol. The number of nitrogens with zero attached hydrogens (tertiary/aromatic N) is 1. The molecule has 5 rings (SSSR count). The summed E-state index contributed by atoms with van der Waals surface area (Å²) in [6, 6.07) is 29.2. The molecule has 0 bridgehead atoms. The van der Waals surface area contributed by atoms with Gasteiger partial charge in [-0.05, 0) is 37.5 Å². The summed E-state index contributed by atoms with van der Waals surface area (Å²) in [5.74, 6) is 0. The second kappa shape index (κ2) is 13.6. The zero-order valence-corrected chi connectivity index (χ0v) is 27.6. The van der Waals surface area contributed by atoms with Crippen LogP contribution >= 0.6 is 34.8 Å². The lowest BCUT2D eigenvalue weighted by Gasteiger charge is -2.37. The maximum Gasteiger partial charge on any atom is 0.509 e. The fourth-order valence-electron chi connectivity index (χ4n) is 5.33. The Balaban J connectivity index is 1.53. The van der Waals surface area contributed by atoms with Crippen LogP contribution in [-0.4, -0.2) is 43.9 Å². The van der Waals surface area contributed by atoms with Crippen LogP contribution in [0.2, 0.25) is 0 Å². The quantitative estimate of drug-likeness (QED) is 0.117. The third-order valence-electron chi connectivity index (χ3n) is 7.91. The molecule has 12 heteroatoms. The van der Waals surface area contributed by atoms with Gasteiger partial charge in [0.15, 0.2) is 5.60 Å². The molecule has 0 aliphatic carbocycles. The molecule has 9 nitrogen and oxygen atoms in total. The normalized spacial score (nSPS) is 18.7. The predicted octanol–water partition coefficient (Wildman–Crippen LogP) is 6.81. The summed E-state index contributed by atoms with van der Waals surface area (Å²) in [4.78, 5) is 40.2. The number of aromatic nitrogens is 2. The van der Waals surface area contributed by atoms with Crippen LogP contribution in [0.5, 0.6) is 0 Å². The van der Waals surface area contributed by atoms with Crippen molar-refractivity contribution in [3.63, 3.8) is 0 Å². The number of halogens is 3. The highest BCUT2D eigenvalue weighted by Crippen LogP contribution is 2.43. The third-order valence-corrected chi connectivity index (χ3v) is 9.28. The summed E-state index contributed by atoms with van der Waals surface area (Å²) in [5.41, 5.74) is -0.937. The Morgan fingerprint density at radius 2 is 1.39 bits per heavy atom. The van der Waals surface area contributed by atoms with Crippen LogP contribution < -0.4 is 11.2 Å². The van der Waals surface area contributed by atoms with Gasteiger partial charge in [-0.25, -0.2) is 9.59 Å². The van der Waals surface area contributed by atoms with E-state index in [-0.39, 0.29) is 13.0 Å². The Kier molecular flexibility index (Phi) is 10.0. The smallest absolute Gasteiger partial charge is 0.428 e. The number of aryl methyl sites for hydroxylation is 1. The Bertz CT molecular complexity index is 1660. The number of carbonyl (C=O) groups is 1. The Morgan fingerprint density at radius 3 is 1.87 bits per heavy atom. The molecule has 46 heavy (non-hydrogen) atoms. The van der Waals surface area contributed by atoms with E-state index in [0.29, 0.717) is 5.56 Å². The lowest BCUT2D eigenvalue weighted by Crippen LogP contribution is -2.43. The van der Waals surface area contributed by atoms with Gasteiger partial charge >= 0.3 is 11.8 Å². The molecule has 0 spiro atoms.